The van der Waals surface area contributed by atoms with Crippen molar-refractivity contribution in [2.75, 3.05) is 33.7 Å². The molecule has 1 fully saturated rings. The Morgan fingerprint density at radius 2 is 2.00 bits per heavy atom. The van der Waals surface area contributed by atoms with Crippen LogP contribution in [-0.4, -0.2) is 50.1 Å². The van der Waals surface area contributed by atoms with Crippen LogP contribution in [0.5, 0.6) is 0 Å². The van der Waals surface area contributed by atoms with Gasteiger partial charge in [-0.1, -0.05) is 26.7 Å². The summed E-state index contributed by atoms with van der Waals surface area (Å²) in [5.74, 6) is 1.78. The minimum Gasteiger partial charge on any atom is -0.357 e. The molecule has 0 aromatic carbocycles. The zero-order chi connectivity index (χ0) is 15.0. The van der Waals surface area contributed by atoms with Gasteiger partial charge in [-0.15, -0.1) is 24.0 Å². The van der Waals surface area contributed by atoms with Gasteiger partial charge in [0.05, 0.1) is 6.54 Å². The van der Waals surface area contributed by atoms with Crippen molar-refractivity contribution in [3.05, 3.63) is 0 Å². The maximum absolute atomic E-state index is 4.86. The summed E-state index contributed by atoms with van der Waals surface area (Å²) in [4.78, 5) is 7.25. The van der Waals surface area contributed by atoms with Crippen LogP contribution in [0.2, 0.25) is 0 Å². The van der Waals surface area contributed by atoms with Crippen molar-refractivity contribution in [1.29, 1.82) is 0 Å². The maximum Gasteiger partial charge on any atom is 0.191 e. The van der Waals surface area contributed by atoms with Crippen LogP contribution in [-0.2, 0) is 0 Å². The van der Waals surface area contributed by atoms with Crippen LogP contribution in [0, 0.1) is 5.92 Å². The summed E-state index contributed by atoms with van der Waals surface area (Å²) in [6.45, 7) is 9.47. The van der Waals surface area contributed by atoms with Crippen LogP contribution < -0.4 is 10.6 Å². The van der Waals surface area contributed by atoms with E-state index in [-0.39, 0.29) is 29.5 Å². The molecule has 2 N–H and O–H groups in total. The van der Waals surface area contributed by atoms with Crippen molar-refractivity contribution >= 4 is 29.9 Å². The molecule has 5 heteroatoms. The molecule has 1 saturated carbocycles. The molecule has 4 nitrogen and oxygen atoms in total. The summed E-state index contributed by atoms with van der Waals surface area (Å²) in [6.07, 6.45) is 6.35. The van der Waals surface area contributed by atoms with Crippen LogP contribution in [0.3, 0.4) is 0 Å². The smallest absolute Gasteiger partial charge is 0.191 e. The molecule has 0 bridgehead atoms. The number of hydrogen-bond acceptors (Lipinski definition) is 2. The molecule has 0 aliphatic heterocycles. The number of nitrogens with one attached hydrogen (secondary N) is 2. The maximum atomic E-state index is 4.86. The highest BCUT2D eigenvalue weighted by Gasteiger charge is 2.36. The Kier molecular flexibility index (Phi) is 10.6. The Bertz CT molecular complexity index is 307. The molecule has 1 aliphatic carbocycles. The second-order valence-corrected chi connectivity index (χ2v) is 6.44. The van der Waals surface area contributed by atoms with Gasteiger partial charge >= 0.3 is 0 Å². The molecule has 0 spiro atoms. The molecule has 0 saturated heterocycles. The van der Waals surface area contributed by atoms with E-state index in [4.69, 9.17) is 4.99 Å². The Balaban J connectivity index is 0.00000400. The predicted octanol–water partition coefficient (Wildman–Crippen LogP) is 3.08. The third-order valence-electron chi connectivity index (χ3n) is 4.43. The van der Waals surface area contributed by atoms with Gasteiger partial charge in [0.2, 0.25) is 0 Å². The van der Waals surface area contributed by atoms with Gasteiger partial charge in [0.25, 0.3) is 0 Å². The van der Waals surface area contributed by atoms with Crippen molar-refractivity contribution in [1.82, 2.24) is 15.5 Å². The molecule has 1 rings (SSSR count). The average molecular weight is 410 g/mol. The largest absolute Gasteiger partial charge is 0.357 e. The monoisotopic (exact) mass is 410 g/mol. The van der Waals surface area contributed by atoms with Crippen LogP contribution >= 0.6 is 24.0 Å². The van der Waals surface area contributed by atoms with Crippen molar-refractivity contribution < 1.29 is 0 Å². The van der Waals surface area contributed by atoms with Crippen molar-refractivity contribution in [3.8, 4) is 0 Å². The lowest BCUT2D eigenvalue weighted by atomic mass is 9.75. The topological polar surface area (TPSA) is 39.7 Å². The zero-order valence-corrected chi connectivity index (χ0v) is 16.9. The molecule has 0 amide bonds. The molecule has 0 aromatic heterocycles. The molecular weight excluding hydrogens is 375 g/mol. The fourth-order valence-electron chi connectivity index (χ4n) is 3.13. The van der Waals surface area contributed by atoms with Gasteiger partial charge in [0.1, 0.15) is 0 Å². The van der Waals surface area contributed by atoms with Crippen LogP contribution in [0.15, 0.2) is 4.99 Å². The quantitative estimate of drug-likeness (QED) is 0.402. The third kappa shape index (κ3) is 6.72. The molecule has 2 atom stereocenters. The van der Waals surface area contributed by atoms with Crippen molar-refractivity contribution in [3.63, 3.8) is 0 Å². The zero-order valence-electron chi connectivity index (χ0n) is 14.5. The third-order valence-corrected chi connectivity index (χ3v) is 4.43. The lowest BCUT2D eigenvalue weighted by molar-refractivity contribution is 0.0845. The van der Waals surface area contributed by atoms with Gasteiger partial charge in [-0.05, 0) is 46.2 Å². The molecule has 0 aromatic rings. The van der Waals surface area contributed by atoms with E-state index in [1.807, 2.05) is 0 Å². The summed E-state index contributed by atoms with van der Waals surface area (Å²) >= 11 is 0. The van der Waals surface area contributed by atoms with E-state index in [0.717, 1.165) is 37.9 Å². The molecule has 126 valence electrons. The summed E-state index contributed by atoms with van der Waals surface area (Å²) in [5, 5.41) is 6.74. The summed E-state index contributed by atoms with van der Waals surface area (Å²) in [5.41, 5.74) is 0.242. The van der Waals surface area contributed by atoms with Gasteiger partial charge in [-0.3, -0.25) is 4.99 Å². The Labute approximate surface area is 148 Å². The molecule has 1 aliphatic rings. The summed E-state index contributed by atoms with van der Waals surface area (Å²) in [7, 11) is 4.42. The minimum absolute atomic E-state index is 0. The molecule has 0 radical (unpaired) electrons. The Morgan fingerprint density at radius 1 is 1.29 bits per heavy atom. The fraction of sp³-hybridized carbons (Fsp3) is 0.938. The number of hydrogen-bond donors (Lipinski definition) is 2. The van der Waals surface area contributed by atoms with Crippen molar-refractivity contribution in [2.45, 2.75) is 58.4 Å². The van der Waals surface area contributed by atoms with E-state index in [9.17, 15) is 0 Å². The number of rotatable bonds is 6. The fourth-order valence-corrected chi connectivity index (χ4v) is 3.13. The van der Waals surface area contributed by atoms with Gasteiger partial charge < -0.3 is 15.5 Å². The lowest BCUT2D eigenvalue weighted by Crippen LogP contribution is -2.51. The first-order valence-corrected chi connectivity index (χ1v) is 8.23. The minimum atomic E-state index is 0. The normalized spacial score (nSPS) is 26.4. The number of likely N-dealkylation sites (N-methyl/N-ethyl adjacent to an activating group) is 1. The first-order chi connectivity index (χ1) is 9.54. The SMILES string of the molecule is CCCNC(=NCC1(N(C)C)CCCC(C)C1)NCC.I. The molecule has 0 heterocycles. The summed E-state index contributed by atoms with van der Waals surface area (Å²) < 4.78 is 0. The predicted molar refractivity (Wildman–Crippen MR) is 104 cm³/mol. The van der Waals surface area contributed by atoms with E-state index < -0.39 is 0 Å². The number of aliphatic imine (C=N–C) groups is 1. The Morgan fingerprint density at radius 3 is 2.52 bits per heavy atom. The van der Waals surface area contributed by atoms with Crippen molar-refractivity contribution in [2.24, 2.45) is 10.9 Å². The van der Waals surface area contributed by atoms with E-state index in [2.05, 4.69) is 50.4 Å². The standard InChI is InChI=1S/C16H34N4.HI/c1-6-11-18-15(17-7-2)19-13-16(20(4)5)10-8-9-14(3)12-16;/h14H,6-13H2,1-5H3,(H2,17,18,19);1H. The van der Waals surface area contributed by atoms with Crippen LogP contribution in [0.1, 0.15) is 52.9 Å². The highest BCUT2D eigenvalue weighted by atomic mass is 127. The number of nitrogens with zero attached hydrogens (tertiary/aromatic N) is 2. The lowest BCUT2D eigenvalue weighted by Gasteiger charge is -2.44. The van der Waals surface area contributed by atoms with Gasteiger partial charge in [-0.2, -0.15) is 0 Å². The van der Waals surface area contributed by atoms with E-state index in [1.165, 1.54) is 25.7 Å². The van der Waals surface area contributed by atoms with Crippen LogP contribution in [0.4, 0.5) is 0 Å². The van der Waals surface area contributed by atoms with E-state index in [1.54, 1.807) is 0 Å². The first-order valence-electron chi connectivity index (χ1n) is 8.23. The highest BCUT2D eigenvalue weighted by molar-refractivity contribution is 14.0. The van der Waals surface area contributed by atoms with Gasteiger partial charge in [-0.25, -0.2) is 0 Å². The first kappa shape index (κ1) is 21.0. The van der Waals surface area contributed by atoms with E-state index >= 15 is 0 Å². The highest BCUT2D eigenvalue weighted by Crippen LogP contribution is 2.35. The molecule has 2 unspecified atom stereocenters. The molecular formula is C16H35IN4. The van der Waals surface area contributed by atoms with Gasteiger partial charge in [0, 0.05) is 18.6 Å². The number of guanidine groups is 1. The Hall–Kier alpha value is -0.0400. The van der Waals surface area contributed by atoms with Gasteiger partial charge in [0.15, 0.2) is 5.96 Å². The second-order valence-electron chi connectivity index (χ2n) is 6.44. The summed E-state index contributed by atoms with van der Waals surface area (Å²) in [6, 6.07) is 0. The number of halogens is 1. The van der Waals surface area contributed by atoms with E-state index in [0.29, 0.717) is 0 Å². The average Bonchev–Trinajstić information content (AvgIpc) is 2.42. The van der Waals surface area contributed by atoms with Crippen LogP contribution in [0.25, 0.3) is 0 Å². The second kappa shape index (κ2) is 10.6. The molecule has 21 heavy (non-hydrogen) atoms.